The number of nitrogens with zero attached hydrogens (tertiary/aromatic N) is 2. The molecular weight excluding hydrogens is 202 g/mol. The maximum atomic E-state index is 8.90. The third kappa shape index (κ3) is 4.33. The third-order valence-corrected chi connectivity index (χ3v) is 2.84. The van der Waals surface area contributed by atoms with Crippen molar-refractivity contribution in [3.05, 3.63) is 18.2 Å². The summed E-state index contributed by atoms with van der Waals surface area (Å²) in [7, 11) is 2.01. The van der Waals surface area contributed by atoms with Crippen LogP contribution in [0.4, 0.5) is 0 Å². The van der Waals surface area contributed by atoms with Gasteiger partial charge in [0.15, 0.2) is 0 Å². The minimum absolute atomic E-state index is 0.163. The largest absolute Gasteiger partial charge is 0.396 e. The number of hydrogen-bond donors (Lipinski definition) is 2. The summed E-state index contributed by atoms with van der Waals surface area (Å²) in [6.07, 6.45) is 5.57. The first kappa shape index (κ1) is 13.2. The molecule has 0 aliphatic heterocycles. The highest BCUT2D eigenvalue weighted by molar-refractivity contribution is 4.91. The lowest BCUT2D eigenvalue weighted by Crippen LogP contribution is -2.31. The van der Waals surface area contributed by atoms with Gasteiger partial charge < -0.3 is 15.0 Å². The molecule has 0 aliphatic rings. The fourth-order valence-corrected chi connectivity index (χ4v) is 1.66. The number of nitrogens with one attached hydrogen (secondary N) is 1. The van der Waals surface area contributed by atoms with Crippen molar-refractivity contribution in [2.45, 2.75) is 26.7 Å². The van der Waals surface area contributed by atoms with Gasteiger partial charge in [0, 0.05) is 45.6 Å². The van der Waals surface area contributed by atoms with E-state index >= 15 is 0 Å². The average Bonchev–Trinajstić information content (AvgIpc) is 2.59. The molecule has 1 aromatic rings. The predicted molar refractivity (Wildman–Crippen MR) is 65.3 cm³/mol. The van der Waals surface area contributed by atoms with Crippen LogP contribution < -0.4 is 5.32 Å². The topological polar surface area (TPSA) is 50.1 Å². The van der Waals surface area contributed by atoms with Crippen molar-refractivity contribution in [2.24, 2.45) is 12.5 Å². The molecule has 1 aromatic heterocycles. The molecule has 0 amide bonds. The fraction of sp³-hybridized carbons (Fsp3) is 0.750. The summed E-state index contributed by atoms with van der Waals surface area (Å²) in [5, 5.41) is 12.3. The number of aromatic nitrogens is 2. The van der Waals surface area contributed by atoms with Crippen molar-refractivity contribution in [2.75, 3.05) is 19.7 Å². The van der Waals surface area contributed by atoms with E-state index in [-0.39, 0.29) is 12.0 Å². The van der Waals surface area contributed by atoms with Crippen LogP contribution in [0.3, 0.4) is 0 Å². The van der Waals surface area contributed by atoms with Crippen LogP contribution in [0.5, 0.6) is 0 Å². The van der Waals surface area contributed by atoms with E-state index in [0.29, 0.717) is 0 Å². The molecule has 0 aliphatic carbocycles. The molecule has 0 radical (unpaired) electrons. The fourth-order valence-electron chi connectivity index (χ4n) is 1.66. The molecule has 16 heavy (non-hydrogen) atoms. The van der Waals surface area contributed by atoms with Crippen LogP contribution in [-0.4, -0.2) is 34.4 Å². The number of aliphatic hydroxyl groups is 1. The van der Waals surface area contributed by atoms with E-state index in [2.05, 4.69) is 24.1 Å². The molecule has 0 saturated carbocycles. The summed E-state index contributed by atoms with van der Waals surface area (Å²) in [6.45, 7) is 6.44. The second kappa shape index (κ2) is 6.01. The summed E-state index contributed by atoms with van der Waals surface area (Å²) in [4.78, 5) is 4.27. The van der Waals surface area contributed by atoms with Gasteiger partial charge >= 0.3 is 0 Å². The highest BCUT2D eigenvalue weighted by Gasteiger charge is 2.16. The van der Waals surface area contributed by atoms with Gasteiger partial charge in [0.25, 0.3) is 0 Å². The van der Waals surface area contributed by atoms with Gasteiger partial charge in [0.1, 0.15) is 5.82 Å². The Hall–Kier alpha value is -0.870. The third-order valence-electron chi connectivity index (χ3n) is 2.84. The van der Waals surface area contributed by atoms with Gasteiger partial charge in [-0.3, -0.25) is 0 Å². The van der Waals surface area contributed by atoms with E-state index < -0.39 is 0 Å². The highest BCUT2D eigenvalue weighted by Crippen LogP contribution is 2.17. The number of aryl methyl sites for hydroxylation is 1. The Bertz CT molecular complexity index is 307. The maximum Gasteiger partial charge on any atom is 0.109 e. The van der Waals surface area contributed by atoms with Crippen LogP contribution in [-0.2, 0) is 13.5 Å². The maximum absolute atomic E-state index is 8.90. The van der Waals surface area contributed by atoms with Crippen LogP contribution in [0, 0.1) is 5.41 Å². The van der Waals surface area contributed by atoms with E-state index in [1.807, 2.05) is 24.0 Å². The molecule has 2 N–H and O–H groups in total. The Labute approximate surface area is 97.7 Å². The quantitative estimate of drug-likeness (QED) is 0.680. The van der Waals surface area contributed by atoms with E-state index in [1.54, 1.807) is 0 Å². The van der Waals surface area contributed by atoms with E-state index in [0.717, 1.165) is 31.8 Å². The lowest BCUT2D eigenvalue weighted by Gasteiger charge is -2.23. The van der Waals surface area contributed by atoms with Crippen LogP contribution in [0.1, 0.15) is 26.1 Å². The first-order chi connectivity index (χ1) is 7.55. The van der Waals surface area contributed by atoms with Crippen molar-refractivity contribution in [3.63, 3.8) is 0 Å². The molecule has 0 atom stereocenters. The molecular formula is C12H23N3O. The Morgan fingerprint density at radius 2 is 2.25 bits per heavy atom. The number of rotatable bonds is 7. The van der Waals surface area contributed by atoms with Crippen molar-refractivity contribution in [1.29, 1.82) is 0 Å². The molecule has 0 fully saturated rings. The molecule has 1 heterocycles. The first-order valence-electron chi connectivity index (χ1n) is 5.83. The Morgan fingerprint density at radius 1 is 1.50 bits per heavy atom. The predicted octanol–water partition coefficient (Wildman–Crippen LogP) is 0.961. The van der Waals surface area contributed by atoms with Gasteiger partial charge in [0.05, 0.1) is 0 Å². The molecule has 0 unspecified atom stereocenters. The zero-order chi connectivity index (χ0) is 12.0. The number of aliphatic hydroxyl groups excluding tert-OH is 1. The van der Waals surface area contributed by atoms with Gasteiger partial charge in [-0.05, 0) is 11.8 Å². The summed E-state index contributed by atoms with van der Waals surface area (Å²) in [5.74, 6) is 1.10. The standard InChI is InChI=1S/C12H23N3O/c1-12(2,5-9-16)10-13-6-4-11-14-7-8-15(11)3/h7-8,13,16H,4-6,9-10H2,1-3H3. The van der Waals surface area contributed by atoms with Crippen LogP contribution in [0.15, 0.2) is 12.4 Å². The second-order valence-electron chi connectivity index (χ2n) is 5.02. The van der Waals surface area contributed by atoms with Crippen molar-refractivity contribution in [3.8, 4) is 0 Å². The van der Waals surface area contributed by atoms with Crippen LogP contribution in [0.2, 0.25) is 0 Å². The first-order valence-corrected chi connectivity index (χ1v) is 5.83. The SMILES string of the molecule is Cn1ccnc1CCNCC(C)(C)CCO. The van der Waals surface area contributed by atoms with Crippen molar-refractivity contribution < 1.29 is 5.11 Å². The van der Waals surface area contributed by atoms with E-state index in [4.69, 9.17) is 5.11 Å². The average molecular weight is 225 g/mol. The number of hydrogen-bond acceptors (Lipinski definition) is 3. The summed E-state index contributed by atoms with van der Waals surface area (Å²) < 4.78 is 2.04. The molecule has 4 nitrogen and oxygen atoms in total. The lowest BCUT2D eigenvalue weighted by atomic mass is 9.90. The van der Waals surface area contributed by atoms with Gasteiger partial charge in [0.2, 0.25) is 0 Å². The van der Waals surface area contributed by atoms with Crippen LogP contribution in [0.25, 0.3) is 0 Å². The molecule has 0 spiro atoms. The van der Waals surface area contributed by atoms with Crippen molar-refractivity contribution in [1.82, 2.24) is 14.9 Å². The summed E-state index contributed by atoms with van der Waals surface area (Å²) in [6, 6.07) is 0. The monoisotopic (exact) mass is 225 g/mol. The second-order valence-corrected chi connectivity index (χ2v) is 5.02. The Kier molecular flexibility index (Phi) is 4.96. The Morgan fingerprint density at radius 3 is 2.81 bits per heavy atom. The summed E-state index contributed by atoms with van der Waals surface area (Å²) >= 11 is 0. The highest BCUT2D eigenvalue weighted by atomic mass is 16.3. The normalized spacial score (nSPS) is 12.0. The van der Waals surface area contributed by atoms with Gasteiger partial charge in [-0.15, -0.1) is 0 Å². The van der Waals surface area contributed by atoms with Crippen LogP contribution >= 0.6 is 0 Å². The molecule has 0 bridgehead atoms. The molecule has 0 saturated heterocycles. The van der Waals surface area contributed by atoms with Gasteiger partial charge in [-0.25, -0.2) is 4.98 Å². The van der Waals surface area contributed by atoms with E-state index in [9.17, 15) is 0 Å². The molecule has 1 rings (SSSR count). The minimum atomic E-state index is 0.163. The van der Waals surface area contributed by atoms with Gasteiger partial charge in [-0.2, -0.15) is 0 Å². The molecule has 4 heteroatoms. The lowest BCUT2D eigenvalue weighted by molar-refractivity contribution is 0.207. The Balaban J connectivity index is 2.19. The van der Waals surface area contributed by atoms with Gasteiger partial charge in [-0.1, -0.05) is 13.8 Å². The minimum Gasteiger partial charge on any atom is -0.396 e. The number of imidazole rings is 1. The van der Waals surface area contributed by atoms with Crippen molar-refractivity contribution >= 4 is 0 Å². The summed E-state index contributed by atoms with van der Waals surface area (Å²) in [5.41, 5.74) is 0.163. The molecule has 92 valence electrons. The molecule has 0 aromatic carbocycles. The zero-order valence-electron chi connectivity index (χ0n) is 10.5. The van der Waals surface area contributed by atoms with E-state index in [1.165, 1.54) is 0 Å². The smallest absolute Gasteiger partial charge is 0.109 e. The zero-order valence-corrected chi connectivity index (χ0v) is 10.5.